The summed E-state index contributed by atoms with van der Waals surface area (Å²) >= 11 is 0. The van der Waals surface area contributed by atoms with Crippen molar-refractivity contribution < 1.29 is 22.7 Å². The van der Waals surface area contributed by atoms with E-state index in [-0.39, 0.29) is 23.5 Å². The SMILES string of the molecule is CCCN(C(=O)COC(=O)c1ccc(-n2nccc2C)cc1)[C@@H]1CCS(=O)(=O)C1. The molecule has 8 nitrogen and oxygen atoms in total. The Balaban J connectivity index is 1.60. The van der Waals surface area contributed by atoms with Crippen LogP contribution in [-0.2, 0) is 19.4 Å². The second-order valence-corrected chi connectivity index (χ2v) is 9.38. The predicted molar refractivity (Wildman–Crippen MR) is 108 cm³/mol. The molecule has 1 atom stereocenters. The number of carbonyl (C=O) groups excluding carboxylic acids is 2. The average Bonchev–Trinajstić information content (AvgIpc) is 3.28. The molecule has 156 valence electrons. The van der Waals surface area contributed by atoms with Crippen molar-refractivity contribution in [3.63, 3.8) is 0 Å². The van der Waals surface area contributed by atoms with Gasteiger partial charge < -0.3 is 9.64 Å². The molecular formula is C20H25N3O5S. The first kappa shape index (κ1) is 21.0. The number of benzene rings is 1. The van der Waals surface area contributed by atoms with Gasteiger partial charge in [0.15, 0.2) is 16.4 Å². The molecule has 1 aliphatic heterocycles. The maximum Gasteiger partial charge on any atom is 0.338 e. The number of sulfone groups is 1. The van der Waals surface area contributed by atoms with Crippen LogP contribution in [0.5, 0.6) is 0 Å². The normalized spacial score (nSPS) is 17.8. The molecule has 1 amide bonds. The third-order valence-corrected chi connectivity index (χ3v) is 6.69. The smallest absolute Gasteiger partial charge is 0.338 e. The molecule has 3 rings (SSSR count). The Bertz CT molecular complexity index is 982. The van der Waals surface area contributed by atoms with Gasteiger partial charge in [0.05, 0.1) is 22.8 Å². The second kappa shape index (κ2) is 8.77. The van der Waals surface area contributed by atoms with E-state index < -0.39 is 22.4 Å². The number of esters is 1. The van der Waals surface area contributed by atoms with Crippen LogP contribution in [0.4, 0.5) is 0 Å². The van der Waals surface area contributed by atoms with Crippen LogP contribution in [0.3, 0.4) is 0 Å². The standard InChI is InChI=1S/C20H25N3O5S/c1-3-11-22(18-9-12-29(26,27)14-18)19(24)13-28-20(25)16-4-6-17(7-5-16)23-15(2)8-10-21-23/h4-8,10,18H,3,9,11-14H2,1-2H3/t18-/m1/s1. The molecule has 1 aromatic heterocycles. The van der Waals surface area contributed by atoms with Crippen molar-refractivity contribution in [3.05, 3.63) is 47.8 Å². The minimum atomic E-state index is -3.10. The average molecular weight is 420 g/mol. The van der Waals surface area contributed by atoms with E-state index >= 15 is 0 Å². The summed E-state index contributed by atoms with van der Waals surface area (Å²) in [6.07, 6.45) is 2.82. The molecule has 9 heteroatoms. The maximum absolute atomic E-state index is 12.6. The molecule has 1 aromatic carbocycles. The number of ether oxygens (including phenoxy) is 1. The molecular weight excluding hydrogens is 394 g/mol. The van der Waals surface area contributed by atoms with Crippen LogP contribution in [0.1, 0.15) is 35.8 Å². The highest BCUT2D eigenvalue weighted by Crippen LogP contribution is 2.19. The summed E-state index contributed by atoms with van der Waals surface area (Å²) in [6, 6.07) is 8.29. The number of aromatic nitrogens is 2. The minimum Gasteiger partial charge on any atom is -0.452 e. The minimum absolute atomic E-state index is 0.0268. The van der Waals surface area contributed by atoms with Crippen LogP contribution in [0, 0.1) is 6.92 Å². The van der Waals surface area contributed by atoms with Gasteiger partial charge in [-0.15, -0.1) is 0 Å². The lowest BCUT2D eigenvalue weighted by Gasteiger charge is -2.27. The van der Waals surface area contributed by atoms with Crippen molar-refractivity contribution in [3.8, 4) is 5.69 Å². The van der Waals surface area contributed by atoms with Crippen LogP contribution >= 0.6 is 0 Å². The quantitative estimate of drug-likeness (QED) is 0.634. The molecule has 0 radical (unpaired) electrons. The van der Waals surface area contributed by atoms with E-state index in [1.54, 1.807) is 35.1 Å². The Morgan fingerprint density at radius 1 is 1.24 bits per heavy atom. The van der Waals surface area contributed by atoms with E-state index in [2.05, 4.69) is 5.10 Å². The van der Waals surface area contributed by atoms with Crippen molar-refractivity contribution in [1.29, 1.82) is 0 Å². The molecule has 0 N–H and O–H groups in total. The predicted octanol–water partition coefficient (Wildman–Crippen LogP) is 1.76. The van der Waals surface area contributed by atoms with Crippen molar-refractivity contribution >= 4 is 21.7 Å². The van der Waals surface area contributed by atoms with Gasteiger partial charge in [-0.05, 0) is 50.1 Å². The first-order chi connectivity index (χ1) is 13.8. The van der Waals surface area contributed by atoms with Gasteiger partial charge in [-0.2, -0.15) is 5.10 Å². The van der Waals surface area contributed by atoms with Crippen LogP contribution in [-0.4, -0.2) is 65.7 Å². The van der Waals surface area contributed by atoms with Gasteiger partial charge in [-0.25, -0.2) is 17.9 Å². The molecule has 0 bridgehead atoms. The van der Waals surface area contributed by atoms with Gasteiger partial charge in [-0.1, -0.05) is 6.92 Å². The van der Waals surface area contributed by atoms with Gasteiger partial charge in [0.2, 0.25) is 0 Å². The first-order valence-electron chi connectivity index (χ1n) is 9.59. The van der Waals surface area contributed by atoms with Crippen LogP contribution in [0.25, 0.3) is 5.69 Å². The van der Waals surface area contributed by atoms with Gasteiger partial charge in [0.1, 0.15) is 0 Å². The fourth-order valence-electron chi connectivity index (χ4n) is 3.45. The molecule has 0 aliphatic carbocycles. The lowest BCUT2D eigenvalue weighted by molar-refractivity contribution is -0.136. The van der Waals surface area contributed by atoms with E-state index in [0.717, 1.165) is 11.4 Å². The van der Waals surface area contributed by atoms with Gasteiger partial charge in [-0.3, -0.25) is 4.79 Å². The van der Waals surface area contributed by atoms with Crippen molar-refractivity contribution in [2.75, 3.05) is 24.7 Å². The summed E-state index contributed by atoms with van der Waals surface area (Å²) in [5.41, 5.74) is 2.12. The number of carbonyl (C=O) groups is 2. The first-order valence-corrected chi connectivity index (χ1v) is 11.4. The number of nitrogens with zero attached hydrogens (tertiary/aromatic N) is 3. The van der Waals surface area contributed by atoms with E-state index in [1.807, 2.05) is 19.9 Å². The molecule has 1 aliphatic rings. The molecule has 29 heavy (non-hydrogen) atoms. The number of hydrogen-bond acceptors (Lipinski definition) is 6. The Morgan fingerprint density at radius 3 is 2.52 bits per heavy atom. The monoisotopic (exact) mass is 419 g/mol. The zero-order valence-corrected chi connectivity index (χ0v) is 17.4. The summed E-state index contributed by atoms with van der Waals surface area (Å²) in [5.74, 6) is -0.905. The zero-order chi connectivity index (χ0) is 21.0. The molecule has 1 fully saturated rings. The highest BCUT2D eigenvalue weighted by Gasteiger charge is 2.34. The van der Waals surface area contributed by atoms with Gasteiger partial charge in [0.25, 0.3) is 5.91 Å². The summed E-state index contributed by atoms with van der Waals surface area (Å²) in [5, 5.41) is 4.21. The largest absolute Gasteiger partial charge is 0.452 e. The lowest BCUT2D eigenvalue weighted by Crippen LogP contribution is -2.43. The maximum atomic E-state index is 12.6. The summed E-state index contributed by atoms with van der Waals surface area (Å²) in [6.45, 7) is 3.88. The Labute approximate surface area is 170 Å². The summed E-state index contributed by atoms with van der Waals surface area (Å²) in [4.78, 5) is 26.4. The molecule has 0 unspecified atom stereocenters. The van der Waals surface area contributed by atoms with E-state index in [4.69, 9.17) is 4.74 Å². The fourth-order valence-corrected chi connectivity index (χ4v) is 5.18. The van der Waals surface area contributed by atoms with Gasteiger partial charge in [0, 0.05) is 24.5 Å². The fraction of sp³-hybridized carbons (Fsp3) is 0.450. The van der Waals surface area contributed by atoms with Crippen molar-refractivity contribution in [1.82, 2.24) is 14.7 Å². The molecule has 0 saturated carbocycles. The van der Waals surface area contributed by atoms with Crippen LogP contribution < -0.4 is 0 Å². The van der Waals surface area contributed by atoms with E-state index in [0.29, 0.717) is 24.9 Å². The Morgan fingerprint density at radius 2 is 1.97 bits per heavy atom. The summed E-state index contributed by atoms with van der Waals surface area (Å²) < 4.78 is 30.4. The van der Waals surface area contributed by atoms with E-state index in [9.17, 15) is 18.0 Å². The number of amides is 1. The number of rotatable bonds is 7. The van der Waals surface area contributed by atoms with Gasteiger partial charge >= 0.3 is 5.97 Å². The Hall–Kier alpha value is -2.68. The number of aryl methyl sites for hydroxylation is 1. The zero-order valence-electron chi connectivity index (χ0n) is 16.6. The number of hydrogen-bond donors (Lipinski definition) is 0. The van der Waals surface area contributed by atoms with Crippen molar-refractivity contribution in [2.45, 2.75) is 32.7 Å². The van der Waals surface area contributed by atoms with E-state index in [1.165, 1.54) is 4.90 Å². The molecule has 1 saturated heterocycles. The highest BCUT2D eigenvalue weighted by molar-refractivity contribution is 7.91. The summed E-state index contributed by atoms with van der Waals surface area (Å²) in [7, 11) is -3.10. The second-order valence-electron chi connectivity index (χ2n) is 7.15. The third-order valence-electron chi connectivity index (χ3n) is 4.94. The lowest BCUT2D eigenvalue weighted by atomic mass is 10.2. The van der Waals surface area contributed by atoms with Crippen LogP contribution in [0.2, 0.25) is 0 Å². The van der Waals surface area contributed by atoms with Crippen LogP contribution in [0.15, 0.2) is 36.5 Å². The molecule has 2 heterocycles. The Kier molecular flexibility index (Phi) is 6.36. The van der Waals surface area contributed by atoms with Crippen molar-refractivity contribution in [2.24, 2.45) is 0 Å². The topological polar surface area (TPSA) is 98.6 Å². The highest BCUT2D eigenvalue weighted by atomic mass is 32.2. The molecule has 0 spiro atoms. The molecule has 2 aromatic rings. The third kappa shape index (κ3) is 5.03.